The number of rotatable bonds is 7. The number of aliphatic carboxylic acids is 1. The van der Waals surface area contributed by atoms with Gasteiger partial charge in [0.25, 0.3) is 0 Å². The van der Waals surface area contributed by atoms with Crippen LogP contribution in [0.2, 0.25) is 0 Å². The molecule has 1 atom stereocenters. The summed E-state index contributed by atoms with van der Waals surface area (Å²) in [6, 6.07) is -0.229. The summed E-state index contributed by atoms with van der Waals surface area (Å²) >= 11 is 0. The van der Waals surface area contributed by atoms with E-state index in [1.54, 1.807) is 7.11 Å². The molecule has 0 spiro atoms. The molecule has 0 saturated carbocycles. The third kappa shape index (κ3) is 4.18. The lowest BCUT2D eigenvalue weighted by molar-refractivity contribution is -0.142. The second-order valence-corrected chi connectivity index (χ2v) is 4.09. The standard InChI is InChI=1S/C11H21NO3/c1-15-9-4-2-3-7-12-8-5-6-10(12)11(13)14/h10H,2-9H2,1H3,(H,13,14)/t10-/m0/s1. The molecule has 0 aromatic rings. The van der Waals surface area contributed by atoms with Crippen molar-refractivity contribution in [3.8, 4) is 0 Å². The Morgan fingerprint density at radius 1 is 1.47 bits per heavy atom. The third-order valence-electron chi connectivity index (χ3n) is 2.94. The molecule has 1 aliphatic heterocycles. The molecule has 1 N–H and O–H groups in total. The lowest BCUT2D eigenvalue weighted by Gasteiger charge is -2.20. The Morgan fingerprint density at radius 2 is 2.27 bits per heavy atom. The maximum absolute atomic E-state index is 10.9. The summed E-state index contributed by atoms with van der Waals surface area (Å²) in [5.41, 5.74) is 0. The molecule has 4 heteroatoms. The minimum absolute atomic E-state index is 0.229. The summed E-state index contributed by atoms with van der Waals surface area (Å²) in [4.78, 5) is 13.0. The van der Waals surface area contributed by atoms with Crippen molar-refractivity contribution in [1.82, 2.24) is 4.90 Å². The van der Waals surface area contributed by atoms with Crippen molar-refractivity contribution in [3.05, 3.63) is 0 Å². The predicted octanol–water partition coefficient (Wildman–Crippen LogP) is 1.35. The highest BCUT2D eigenvalue weighted by Crippen LogP contribution is 2.17. The normalized spacial score (nSPS) is 22.1. The number of methoxy groups -OCH3 is 1. The van der Waals surface area contributed by atoms with Crippen molar-refractivity contribution < 1.29 is 14.6 Å². The summed E-state index contributed by atoms with van der Waals surface area (Å²) in [6.45, 7) is 2.67. The fourth-order valence-electron chi connectivity index (χ4n) is 2.11. The van der Waals surface area contributed by atoms with E-state index in [2.05, 4.69) is 4.90 Å². The Bertz CT molecular complexity index is 196. The van der Waals surface area contributed by atoms with E-state index in [1.807, 2.05) is 0 Å². The average Bonchev–Trinajstić information content (AvgIpc) is 2.66. The summed E-state index contributed by atoms with van der Waals surface area (Å²) < 4.78 is 4.97. The van der Waals surface area contributed by atoms with Crippen LogP contribution in [0.1, 0.15) is 32.1 Å². The zero-order valence-electron chi connectivity index (χ0n) is 9.45. The van der Waals surface area contributed by atoms with Gasteiger partial charge in [0.2, 0.25) is 0 Å². The molecular weight excluding hydrogens is 194 g/mol. The second kappa shape index (κ2) is 6.80. The molecule has 0 aromatic heterocycles. The van der Waals surface area contributed by atoms with Crippen LogP contribution in [0.5, 0.6) is 0 Å². The first-order valence-corrected chi connectivity index (χ1v) is 5.71. The number of nitrogens with zero attached hydrogens (tertiary/aromatic N) is 1. The van der Waals surface area contributed by atoms with Crippen LogP contribution in [-0.4, -0.2) is 48.8 Å². The lowest BCUT2D eigenvalue weighted by Crippen LogP contribution is -2.36. The topological polar surface area (TPSA) is 49.8 Å². The fourth-order valence-corrected chi connectivity index (χ4v) is 2.11. The molecule has 0 radical (unpaired) electrons. The minimum Gasteiger partial charge on any atom is -0.480 e. The van der Waals surface area contributed by atoms with Gasteiger partial charge in [-0.05, 0) is 45.2 Å². The monoisotopic (exact) mass is 215 g/mol. The molecule has 4 nitrogen and oxygen atoms in total. The number of hydrogen-bond acceptors (Lipinski definition) is 3. The molecular formula is C11H21NO3. The van der Waals surface area contributed by atoms with Crippen LogP contribution in [0.25, 0.3) is 0 Å². The van der Waals surface area contributed by atoms with E-state index < -0.39 is 5.97 Å². The van der Waals surface area contributed by atoms with Crippen LogP contribution in [-0.2, 0) is 9.53 Å². The van der Waals surface area contributed by atoms with Gasteiger partial charge in [-0.1, -0.05) is 0 Å². The number of carbonyl (C=O) groups is 1. The van der Waals surface area contributed by atoms with Crippen LogP contribution >= 0.6 is 0 Å². The summed E-state index contributed by atoms with van der Waals surface area (Å²) in [5.74, 6) is -0.663. The molecule has 1 aliphatic rings. The van der Waals surface area contributed by atoms with Gasteiger partial charge >= 0.3 is 5.97 Å². The molecule has 0 unspecified atom stereocenters. The summed E-state index contributed by atoms with van der Waals surface area (Å²) in [7, 11) is 1.71. The van der Waals surface area contributed by atoms with Gasteiger partial charge in [0.1, 0.15) is 6.04 Å². The number of hydrogen-bond donors (Lipinski definition) is 1. The smallest absolute Gasteiger partial charge is 0.320 e. The number of unbranched alkanes of at least 4 members (excludes halogenated alkanes) is 2. The fraction of sp³-hybridized carbons (Fsp3) is 0.909. The largest absolute Gasteiger partial charge is 0.480 e. The van der Waals surface area contributed by atoms with Crippen LogP contribution in [0, 0.1) is 0 Å². The number of carboxylic acid groups (broad SMARTS) is 1. The van der Waals surface area contributed by atoms with Gasteiger partial charge in [-0.15, -0.1) is 0 Å². The van der Waals surface area contributed by atoms with Crippen molar-refractivity contribution in [2.75, 3.05) is 26.8 Å². The van der Waals surface area contributed by atoms with Crippen LogP contribution < -0.4 is 0 Å². The zero-order valence-corrected chi connectivity index (χ0v) is 9.45. The Labute approximate surface area is 91.2 Å². The third-order valence-corrected chi connectivity index (χ3v) is 2.94. The van der Waals surface area contributed by atoms with E-state index in [4.69, 9.17) is 9.84 Å². The summed E-state index contributed by atoms with van der Waals surface area (Å²) in [6.07, 6.45) is 5.11. The van der Waals surface area contributed by atoms with Crippen molar-refractivity contribution in [2.24, 2.45) is 0 Å². The van der Waals surface area contributed by atoms with Gasteiger partial charge in [0.15, 0.2) is 0 Å². The summed E-state index contributed by atoms with van der Waals surface area (Å²) in [5, 5.41) is 8.96. The van der Waals surface area contributed by atoms with E-state index >= 15 is 0 Å². The highest BCUT2D eigenvalue weighted by Gasteiger charge is 2.29. The van der Waals surface area contributed by atoms with Gasteiger partial charge in [0.05, 0.1) is 0 Å². The molecule has 1 fully saturated rings. The number of carboxylic acids is 1. The second-order valence-electron chi connectivity index (χ2n) is 4.09. The highest BCUT2D eigenvalue weighted by atomic mass is 16.5. The maximum atomic E-state index is 10.9. The van der Waals surface area contributed by atoms with Gasteiger partial charge in [-0.2, -0.15) is 0 Å². The SMILES string of the molecule is COCCCCCN1CCC[C@H]1C(=O)O. The average molecular weight is 215 g/mol. The van der Waals surface area contributed by atoms with Gasteiger partial charge < -0.3 is 9.84 Å². The van der Waals surface area contributed by atoms with Crippen LogP contribution in [0.4, 0.5) is 0 Å². The van der Waals surface area contributed by atoms with Crippen LogP contribution in [0.3, 0.4) is 0 Å². The minimum atomic E-state index is -0.663. The lowest BCUT2D eigenvalue weighted by atomic mass is 10.2. The Balaban J connectivity index is 2.12. The molecule has 0 bridgehead atoms. The van der Waals surface area contributed by atoms with Crippen molar-refractivity contribution in [2.45, 2.75) is 38.1 Å². The van der Waals surface area contributed by atoms with Crippen LogP contribution in [0.15, 0.2) is 0 Å². The van der Waals surface area contributed by atoms with E-state index in [-0.39, 0.29) is 6.04 Å². The first-order valence-electron chi connectivity index (χ1n) is 5.71. The quantitative estimate of drug-likeness (QED) is 0.651. The van der Waals surface area contributed by atoms with E-state index in [1.165, 1.54) is 0 Å². The zero-order chi connectivity index (χ0) is 11.1. The number of ether oxygens (including phenoxy) is 1. The van der Waals surface area contributed by atoms with Gasteiger partial charge in [-0.25, -0.2) is 0 Å². The first-order chi connectivity index (χ1) is 7.25. The molecule has 88 valence electrons. The van der Waals surface area contributed by atoms with E-state index in [9.17, 15) is 4.79 Å². The number of likely N-dealkylation sites (tertiary alicyclic amines) is 1. The van der Waals surface area contributed by atoms with Gasteiger partial charge in [-0.3, -0.25) is 9.69 Å². The predicted molar refractivity (Wildman–Crippen MR) is 58.0 cm³/mol. The molecule has 1 heterocycles. The van der Waals surface area contributed by atoms with Crippen molar-refractivity contribution in [1.29, 1.82) is 0 Å². The molecule has 1 rings (SSSR count). The molecule has 1 saturated heterocycles. The molecule has 0 aliphatic carbocycles. The van der Waals surface area contributed by atoms with Gasteiger partial charge in [0, 0.05) is 13.7 Å². The van der Waals surface area contributed by atoms with E-state index in [0.717, 1.165) is 51.8 Å². The van der Waals surface area contributed by atoms with Crippen molar-refractivity contribution in [3.63, 3.8) is 0 Å². The highest BCUT2D eigenvalue weighted by molar-refractivity contribution is 5.73. The molecule has 0 aromatic carbocycles. The van der Waals surface area contributed by atoms with E-state index in [0.29, 0.717) is 0 Å². The van der Waals surface area contributed by atoms with Crippen molar-refractivity contribution >= 4 is 5.97 Å². The Hall–Kier alpha value is -0.610. The molecule has 15 heavy (non-hydrogen) atoms. The molecule has 0 amide bonds. The Kier molecular flexibility index (Phi) is 5.65. The first kappa shape index (κ1) is 12.5. The Morgan fingerprint density at radius 3 is 2.93 bits per heavy atom. The maximum Gasteiger partial charge on any atom is 0.320 e.